The first-order chi connectivity index (χ1) is 24.3. The van der Waals surface area contributed by atoms with E-state index in [4.69, 9.17) is 32.4 Å². The average molecular weight is 758 g/mol. The fourth-order valence-corrected chi connectivity index (χ4v) is 10.8. The molecule has 0 aliphatic rings. The van der Waals surface area contributed by atoms with Crippen molar-refractivity contribution in [1.29, 1.82) is 0 Å². The number of nitrogens with zero attached hydrogens (tertiary/aromatic N) is 2. The quantitative estimate of drug-likeness (QED) is 0.0155. The molecule has 0 radical (unpaired) electrons. The first kappa shape index (κ1) is 47.6. The third-order valence-electron chi connectivity index (χ3n) is 9.35. The van der Waals surface area contributed by atoms with Gasteiger partial charge in [0, 0.05) is 6.54 Å². The molecule has 0 saturated carbocycles. The van der Waals surface area contributed by atoms with E-state index in [1.54, 1.807) is 16.4 Å². The molecule has 5 N–H and O–H groups in total. The van der Waals surface area contributed by atoms with Crippen molar-refractivity contribution in [3.8, 4) is 0 Å². The summed E-state index contributed by atoms with van der Waals surface area (Å²) in [5, 5.41) is 5.45. The lowest BCUT2D eigenvalue weighted by atomic mass is 10.0. The zero-order valence-electron chi connectivity index (χ0n) is 33.2. The smallest absolute Gasteiger partial charge is 0.248 e. The van der Waals surface area contributed by atoms with Crippen molar-refractivity contribution >= 4 is 40.3 Å². The minimum Gasteiger partial charge on any atom is -0.397 e. The highest BCUT2D eigenvalue weighted by Gasteiger charge is 2.25. The summed E-state index contributed by atoms with van der Waals surface area (Å²) in [5.41, 5.74) is 6.70. The van der Waals surface area contributed by atoms with Crippen LogP contribution in [0.2, 0.25) is 0 Å². The Bertz CT molecular complexity index is 976. The van der Waals surface area contributed by atoms with Gasteiger partial charge in [0.2, 0.25) is 5.69 Å². The van der Waals surface area contributed by atoms with E-state index >= 15 is 0 Å². The van der Waals surface area contributed by atoms with Gasteiger partial charge in [-0.05, 0) is 81.6 Å². The molecule has 2 unspecified atom stereocenters. The van der Waals surface area contributed by atoms with E-state index in [1.807, 2.05) is 12.1 Å². The van der Waals surface area contributed by atoms with E-state index in [0.717, 1.165) is 63.8 Å². The first-order valence-corrected chi connectivity index (χ1v) is 24.9. The van der Waals surface area contributed by atoms with E-state index in [2.05, 4.69) is 50.9 Å². The van der Waals surface area contributed by atoms with Crippen LogP contribution < -0.4 is 21.9 Å². The zero-order valence-corrected chi connectivity index (χ0v) is 35.8. The third-order valence-corrected chi connectivity index (χ3v) is 14.7. The van der Waals surface area contributed by atoms with Crippen LogP contribution in [0.4, 0.5) is 11.4 Å². The third kappa shape index (κ3) is 24.8. The molecule has 7 nitrogen and oxygen atoms in total. The number of anilines is 2. The van der Waals surface area contributed by atoms with Gasteiger partial charge in [-0.25, -0.2) is 5.84 Å². The molecule has 0 aliphatic heterocycles. The van der Waals surface area contributed by atoms with Gasteiger partial charge in [-0.2, -0.15) is 0 Å². The number of nitrogens with one attached hydrogen (secondary N) is 1. The Kier molecular flexibility index (Phi) is 30.6. The molecule has 1 rings (SSSR count). The molecule has 0 aliphatic carbocycles. The molecule has 1 aromatic carbocycles. The predicted octanol–water partition coefficient (Wildman–Crippen LogP) is 11.9. The van der Waals surface area contributed by atoms with Gasteiger partial charge in [-0.1, -0.05) is 154 Å². The van der Waals surface area contributed by atoms with Gasteiger partial charge in [-0.3, -0.25) is 9.91 Å². The molecule has 2 atom stereocenters. The second-order valence-electron chi connectivity index (χ2n) is 14.3. The van der Waals surface area contributed by atoms with Crippen molar-refractivity contribution in [1.82, 2.24) is 10.2 Å². The summed E-state index contributed by atoms with van der Waals surface area (Å²) in [5.74, 6) is 7.33. The SMILES string of the molecule is CCCCCCCCCCCCCCCCCCNCCCN(CSP(=S)(OCCCC)OC(C)CCC)CN(N)c1ccc(CC)cc1N. The van der Waals surface area contributed by atoms with E-state index in [-0.39, 0.29) is 6.10 Å². The summed E-state index contributed by atoms with van der Waals surface area (Å²) in [6.07, 6.45) is 28.6. The Balaban J connectivity index is 2.43. The highest BCUT2D eigenvalue weighted by Crippen LogP contribution is 2.62. The maximum absolute atomic E-state index is 6.63. The summed E-state index contributed by atoms with van der Waals surface area (Å²) < 4.78 is 12.7. The number of benzene rings is 1. The molecule has 0 bridgehead atoms. The molecule has 0 amide bonds. The summed E-state index contributed by atoms with van der Waals surface area (Å²) in [4.78, 5) is 2.35. The minimum atomic E-state index is -2.50. The molecular weight excluding hydrogens is 678 g/mol. The number of hydrogen-bond acceptors (Lipinski definition) is 9. The summed E-state index contributed by atoms with van der Waals surface area (Å²) in [6, 6.07) is 6.17. The summed E-state index contributed by atoms with van der Waals surface area (Å²) >= 11 is 7.72. The van der Waals surface area contributed by atoms with Crippen LogP contribution in [0.25, 0.3) is 0 Å². The van der Waals surface area contributed by atoms with Crippen molar-refractivity contribution in [2.45, 2.75) is 182 Å². The van der Waals surface area contributed by atoms with Gasteiger partial charge in [0.1, 0.15) is 0 Å². The summed E-state index contributed by atoms with van der Waals surface area (Å²) in [7, 11) is 0. The predicted molar refractivity (Wildman–Crippen MR) is 229 cm³/mol. The number of unbranched alkanes of at least 4 members (excludes halogenated alkanes) is 16. The van der Waals surface area contributed by atoms with Crippen LogP contribution >= 0.6 is 17.1 Å². The topological polar surface area (TPSA) is 89.0 Å². The van der Waals surface area contributed by atoms with Gasteiger partial charge in [0.25, 0.3) is 0 Å². The highest BCUT2D eigenvalue weighted by molar-refractivity contribution is 8.67. The number of aryl methyl sites for hydroxylation is 1. The molecule has 0 aromatic heterocycles. The van der Waals surface area contributed by atoms with Crippen molar-refractivity contribution in [3.63, 3.8) is 0 Å². The van der Waals surface area contributed by atoms with Crippen molar-refractivity contribution in [2.24, 2.45) is 5.84 Å². The standard InChI is InChI=1S/C40H80N5O2PS2/c1-6-10-12-13-14-15-16-17-18-19-20-21-22-23-24-25-30-43-31-26-32-44(35-45(42)40-29-28-38(9-4)34-39(40)41)36-50-48(49,46-33-11-7-2)47-37(5)27-8-3/h28-29,34,37,43H,6-27,30-33,35-36,41-42H2,1-5H3. The summed E-state index contributed by atoms with van der Waals surface area (Å²) in [6.45, 7) is 15.1. The second kappa shape index (κ2) is 32.1. The van der Waals surface area contributed by atoms with Gasteiger partial charge < -0.3 is 20.1 Å². The number of nitrogen functional groups attached to an aromatic ring is 1. The number of hydrazine groups is 1. The van der Waals surface area contributed by atoms with E-state index in [9.17, 15) is 0 Å². The minimum absolute atomic E-state index is 0.0880. The van der Waals surface area contributed by atoms with E-state index < -0.39 is 5.69 Å². The molecule has 0 saturated heterocycles. The lowest BCUT2D eigenvalue weighted by Gasteiger charge is -2.32. The molecular formula is C40H80N5O2PS2. The molecule has 1 aromatic rings. The van der Waals surface area contributed by atoms with Crippen molar-refractivity contribution in [2.75, 3.05) is 49.5 Å². The maximum atomic E-state index is 6.63. The average Bonchev–Trinajstić information content (AvgIpc) is 3.09. The Morgan fingerprint density at radius 1 is 0.780 bits per heavy atom. The van der Waals surface area contributed by atoms with Gasteiger partial charge in [-0.15, -0.1) is 0 Å². The van der Waals surface area contributed by atoms with Crippen LogP contribution in [-0.4, -0.2) is 49.8 Å². The largest absolute Gasteiger partial charge is 0.397 e. The Morgan fingerprint density at radius 3 is 1.88 bits per heavy atom. The first-order valence-electron chi connectivity index (χ1n) is 20.7. The van der Waals surface area contributed by atoms with Crippen LogP contribution in [0.15, 0.2) is 18.2 Å². The van der Waals surface area contributed by atoms with E-state index in [0.29, 0.717) is 24.8 Å². The number of hydrogen-bond donors (Lipinski definition) is 3. The Hall–Kier alpha value is -0.380. The molecule has 0 heterocycles. The normalized spacial score (nSPS) is 13.6. The second-order valence-corrected chi connectivity index (χ2v) is 20.5. The molecule has 294 valence electrons. The lowest BCUT2D eigenvalue weighted by Crippen LogP contribution is -2.43. The molecule has 50 heavy (non-hydrogen) atoms. The van der Waals surface area contributed by atoms with Crippen LogP contribution in [0, 0.1) is 0 Å². The fourth-order valence-electron chi connectivity index (χ4n) is 6.15. The lowest BCUT2D eigenvalue weighted by molar-refractivity contribution is 0.190. The van der Waals surface area contributed by atoms with Gasteiger partial charge in [0.15, 0.2) is 0 Å². The van der Waals surface area contributed by atoms with Crippen LogP contribution in [0.1, 0.15) is 175 Å². The van der Waals surface area contributed by atoms with E-state index in [1.165, 1.54) is 108 Å². The Labute approximate surface area is 319 Å². The zero-order chi connectivity index (χ0) is 36.7. The Morgan fingerprint density at radius 2 is 1.34 bits per heavy atom. The van der Waals surface area contributed by atoms with Crippen LogP contribution in [0.5, 0.6) is 0 Å². The van der Waals surface area contributed by atoms with Crippen molar-refractivity contribution in [3.05, 3.63) is 23.8 Å². The number of rotatable bonds is 36. The molecule has 10 heteroatoms. The van der Waals surface area contributed by atoms with Crippen molar-refractivity contribution < 1.29 is 9.05 Å². The fraction of sp³-hybridized carbons (Fsp3) is 0.850. The molecule has 0 spiro atoms. The number of nitrogens with two attached hydrogens (primary N) is 2. The van der Waals surface area contributed by atoms with Gasteiger partial charge >= 0.3 is 0 Å². The molecule has 0 fully saturated rings. The maximum Gasteiger partial charge on any atom is 0.248 e. The highest BCUT2D eigenvalue weighted by atomic mass is 32.9. The van der Waals surface area contributed by atoms with Crippen LogP contribution in [0.3, 0.4) is 0 Å². The van der Waals surface area contributed by atoms with Crippen LogP contribution in [-0.2, 0) is 27.3 Å². The monoisotopic (exact) mass is 758 g/mol. The van der Waals surface area contributed by atoms with Gasteiger partial charge in [0.05, 0.1) is 36.6 Å².